The zero-order valence-corrected chi connectivity index (χ0v) is 11.8. The predicted octanol–water partition coefficient (Wildman–Crippen LogP) is 2.37. The van der Waals surface area contributed by atoms with E-state index in [0.29, 0.717) is 6.54 Å². The number of hydrogen-bond donors (Lipinski definition) is 0. The molecule has 0 unspecified atom stereocenters. The van der Waals surface area contributed by atoms with Crippen LogP contribution in [0.1, 0.15) is 11.3 Å². The molecule has 1 aromatic carbocycles. The second-order valence-corrected chi connectivity index (χ2v) is 4.81. The molecule has 0 aliphatic heterocycles. The van der Waals surface area contributed by atoms with Crippen molar-refractivity contribution in [3.05, 3.63) is 56.7 Å². The Morgan fingerprint density at radius 2 is 2.17 bits per heavy atom. The molecular weight excluding hydrogens is 296 g/mol. The van der Waals surface area contributed by atoms with Crippen LogP contribution in [0.4, 0.5) is 0 Å². The van der Waals surface area contributed by atoms with E-state index in [1.54, 1.807) is 24.9 Å². The van der Waals surface area contributed by atoms with Crippen LogP contribution in [0.15, 0.2) is 39.9 Å². The van der Waals surface area contributed by atoms with Crippen LogP contribution in [-0.4, -0.2) is 16.7 Å². The summed E-state index contributed by atoms with van der Waals surface area (Å²) in [5, 5.41) is 0. The molecule has 0 bridgehead atoms. The van der Waals surface area contributed by atoms with Crippen molar-refractivity contribution in [2.45, 2.75) is 13.5 Å². The Hall–Kier alpha value is -1.62. The van der Waals surface area contributed by atoms with Gasteiger partial charge in [0.2, 0.25) is 0 Å². The summed E-state index contributed by atoms with van der Waals surface area (Å²) in [5.74, 6) is 0.765. The third kappa shape index (κ3) is 2.79. The van der Waals surface area contributed by atoms with Crippen molar-refractivity contribution >= 4 is 15.9 Å². The number of halogens is 1. The average molecular weight is 309 g/mol. The largest absolute Gasteiger partial charge is 0.497 e. The van der Waals surface area contributed by atoms with Gasteiger partial charge in [-0.15, -0.1) is 0 Å². The minimum atomic E-state index is -0.0581. The number of hydrogen-bond acceptors (Lipinski definition) is 3. The summed E-state index contributed by atoms with van der Waals surface area (Å²) in [4.78, 5) is 15.9. The third-order valence-corrected chi connectivity index (χ3v) is 3.38. The van der Waals surface area contributed by atoms with E-state index in [-0.39, 0.29) is 5.56 Å². The van der Waals surface area contributed by atoms with Crippen LogP contribution in [0.25, 0.3) is 0 Å². The number of benzene rings is 1. The molecule has 0 saturated carbocycles. The summed E-state index contributed by atoms with van der Waals surface area (Å²) < 4.78 is 7.68. The Balaban J connectivity index is 2.36. The van der Waals surface area contributed by atoms with Crippen molar-refractivity contribution in [1.82, 2.24) is 9.55 Å². The van der Waals surface area contributed by atoms with Crippen molar-refractivity contribution in [3.63, 3.8) is 0 Å². The van der Waals surface area contributed by atoms with Crippen LogP contribution in [0.2, 0.25) is 0 Å². The molecule has 0 aliphatic carbocycles. The standard InChI is InChI=1S/C13H13BrN2O2/c1-9-5-13(17)16(8-15-9)7-10-6-11(18-2)3-4-12(10)14/h3-6,8H,7H2,1-2H3. The third-order valence-electron chi connectivity index (χ3n) is 2.61. The Morgan fingerprint density at radius 3 is 2.83 bits per heavy atom. The molecule has 1 heterocycles. The highest BCUT2D eigenvalue weighted by molar-refractivity contribution is 9.10. The van der Waals surface area contributed by atoms with E-state index in [0.717, 1.165) is 21.5 Å². The van der Waals surface area contributed by atoms with Crippen LogP contribution < -0.4 is 10.3 Å². The maximum absolute atomic E-state index is 11.8. The van der Waals surface area contributed by atoms with Crippen molar-refractivity contribution < 1.29 is 4.74 Å². The fourth-order valence-electron chi connectivity index (χ4n) is 1.62. The van der Waals surface area contributed by atoms with Gasteiger partial charge < -0.3 is 4.74 Å². The predicted molar refractivity (Wildman–Crippen MR) is 73.0 cm³/mol. The van der Waals surface area contributed by atoms with E-state index >= 15 is 0 Å². The fraction of sp³-hybridized carbons (Fsp3) is 0.231. The molecule has 1 aromatic heterocycles. The lowest BCUT2D eigenvalue weighted by molar-refractivity contribution is 0.414. The van der Waals surface area contributed by atoms with E-state index in [9.17, 15) is 4.79 Å². The molecule has 0 fully saturated rings. The molecule has 0 radical (unpaired) electrons. The van der Waals surface area contributed by atoms with Gasteiger partial charge in [-0.1, -0.05) is 15.9 Å². The summed E-state index contributed by atoms with van der Waals surface area (Å²) >= 11 is 3.46. The first-order valence-electron chi connectivity index (χ1n) is 5.45. The van der Waals surface area contributed by atoms with Gasteiger partial charge in [0, 0.05) is 16.2 Å². The second-order valence-electron chi connectivity index (χ2n) is 3.95. The number of aromatic nitrogens is 2. The lowest BCUT2D eigenvalue weighted by atomic mass is 10.2. The normalized spacial score (nSPS) is 10.4. The Morgan fingerprint density at radius 1 is 1.39 bits per heavy atom. The van der Waals surface area contributed by atoms with Crippen LogP contribution in [-0.2, 0) is 6.54 Å². The van der Waals surface area contributed by atoms with E-state index in [2.05, 4.69) is 20.9 Å². The van der Waals surface area contributed by atoms with Crippen LogP contribution in [0, 0.1) is 6.92 Å². The molecule has 0 aliphatic rings. The zero-order valence-electron chi connectivity index (χ0n) is 10.2. The van der Waals surface area contributed by atoms with E-state index in [1.807, 2.05) is 18.2 Å². The molecule has 4 nitrogen and oxygen atoms in total. The van der Waals surface area contributed by atoms with Crippen molar-refractivity contribution in [2.24, 2.45) is 0 Å². The summed E-state index contributed by atoms with van der Waals surface area (Å²) in [7, 11) is 1.62. The molecular formula is C13H13BrN2O2. The molecule has 0 spiro atoms. The first-order chi connectivity index (χ1) is 8.60. The van der Waals surface area contributed by atoms with Gasteiger partial charge in [0.05, 0.1) is 20.0 Å². The van der Waals surface area contributed by atoms with Gasteiger partial charge in [-0.05, 0) is 30.7 Å². The topological polar surface area (TPSA) is 44.1 Å². The fourth-order valence-corrected chi connectivity index (χ4v) is 1.99. The first kappa shape index (κ1) is 12.8. The summed E-state index contributed by atoms with van der Waals surface area (Å²) in [6.45, 7) is 2.26. The second kappa shape index (κ2) is 5.35. The van der Waals surface area contributed by atoms with Crippen molar-refractivity contribution in [1.29, 1.82) is 0 Å². The minimum Gasteiger partial charge on any atom is -0.497 e. The summed E-state index contributed by atoms with van der Waals surface area (Å²) in [6, 6.07) is 7.19. The van der Waals surface area contributed by atoms with Crippen LogP contribution in [0.3, 0.4) is 0 Å². The average Bonchev–Trinajstić information content (AvgIpc) is 2.35. The van der Waals surface area contributed by atoms with Gasteiger partial charge in [-0.3, -0.25) is 9.36 Å². The lowest BCUT2D eigenvalue weighted by Crippen LogP contribution is -2.20. The molecule has 0 atom stereocenters. The minimum absolute atomic E-state index is 0.0581. The molecule has 2 aromatic rings. The van der Waals surface area contributed by atoms with Gasteiger partial charge in [-0.2, -0.15) is 0 Å². The number of methoxy groups -OCH3 is 1. The van der Waals surface area contributed by atoms with Crippen LogP contribution >= 0.6 is 15.9 Å². The molecule has 2 rings (SSSR count). The Bertz CT molecular complexity index is 623. The molecule has 0 N–H and O–H groups in total. The number of aryl methyl sites for hydroxylation is 1. The molecule has 5 heteroatoms. The van der Waals surface area contributed by atoms with Gasteiger partial charge in [0.15, 0.2) is 0 Å². The van der Waals surface area contributed by atoms with Gasteiger partial charge in [0.1, 0.15) is 5.75 Å². The Kier molecular flexibility index (Phi) is 3.81. The highest BCUT2D eigenvalue weighted by atomic mass is 79.9. The number of nitrogens with zero attached hydrogens (tertiary/aromatic N) is 2. The SMILES string of the molecule is COc1ccc(Br)c(Cn2cnc(C)cc2=O)c1. The van der Waals surface area contributed by atoms with E-state index < -0.39 is 0 Å². The van der Waals surface area contributed by atoms with Gasteiger partial charge in [-0.25, -0.2) is 4.98 Å². The maximum atomic E-state index is 11.8. The quantitative estimate of drug-likeness (QED) is 0.874. The van der Waals surface area contributed by atoms with Crippen molar-refractivity contribution in [2.75, 3.05) is 7.11 Å². The van der Waals surface area contributed by atoms with Gasteiger partial charge >= 0.3 is 0 Å². The Labute approximate surface area is 113 Å². The highest BCUT2D eigenvalue weighted by Gasteiger charge is 2.05. The molecule has 94 valence electrons. The summed E-state index contributed by atoms with van der Waals surface area (Å²) in [6.07, 6.45) is 1.56. The monoisotopic (exact) mass is 308 g/mol. The van der Waals surface area contributed by atoms with E-state index in [1.165, 1.54) is 6.07 Å². The maximum Gasteiger partial charge on any atom is 0.253 e. The van der Waals surface area contributed by atoms with E-state index in [4.69, 9.17) is 4.74 Å². The smallest absolute Gasteiger partial charge is 0.253 e. The zero-order chi connectivity index (χ0) is 13.1. The van der Waals surface area contributed by atoms with Crippen LogP contribution in [0.5, 0.6) is 5.75 Å². The summed E-state index contributed by atoms with van der Waals surface area (Å²) in [5.41, 5.74) is 1.64. The highest BCUT2D eigenvalue weighted by Crippen LogP contribution is 2.22. The number of rotatable bonds is 3. The molecule has 18 heavy (non-hydrogen) atoms. The molecule has 0 saturated heterocycles. The van der Waals surface area contributed by atoms with Gasteiger partial charge in [0.25, 0.3) is 5.56 Å². The molecule has 0 amide bonds. The van der Waals surface area contributed by atoms with Crippen molar-refractivity contribution in [3.8, 4) is 5.75 Å². The lowest BCUT2D eigenvalue weighted by Gasteiger charge is -2.09. The number of ether oxygens (including phenoxy) is 1. The first-order valence-corrected chi connectivity index (χ1v) is 6.25.